The number of hydrazine groups is 1. The fourth-order valence-corrected chi connectivity index (χ4v) is 3.05. The predicted molar refractivity (Wildman–Crippen MR) is 93.2 cm³/mol. The molecule has 110 valence electrons. The van der Waals surface area contributed by atoms with Crippen LogP contribution in [0, 0.1) is 10.5 Å². The Bertz CT molecular complexity index is 623. The van der Waals surface area contributed by atoms with Gasteiger partial charge in [-0.3, -0.25) is 5.84 Å². The van der Waals surface area contributed by atoms with Crippen LogP contribution in [0.4, 0.5) is 0 Å². The van der Waals surface area contributed by atoms with Gasteiger partial charge in [-0.15, -0.1) is 0 Å². The molecule has 0 aliphatic heterocycles. The van der Waals surface area contributed by atoms with Crippen molar-refractivity contribution >= 4 is 22.6 Å². The van der Waals surface area contributed by atoms with Gasteiger partial charge in [0, 0.05) is 3.57 Å². The molecule has 0 heterocycles. The molecule has 1 aliphatic rings. The molecule has 3 N–H and O–H groups in total. The van der Waals surface area contributed by atoms with Crippen molar-refractivity contribution in [1.82, 2.24) is 5.43 Å². The SMILES string of the molecule is Cc1cccc(C(NN)c2ccc(OC3CC3)cc2)c1I. The Morgan fingerprint density at radius 1 is 1.19 bits per heavy atom. The first-order valence-corrected chi connectivity index (χ1v) is 8.24. The summed E-state index contributed by atoms with van der Waals surface area (Å²) in [5.74, 6) is 6.74. The maximum absolute atomic E-state index is 5.80. The van der Waals surface area contributed by atoms with E-state index >= 15 is 0 Å². The first-order chi connectivity index (χ1) is 10.2. The van der Waals surface area contributed by atoms with Crippen molar-refractivity contribution < 1.29 is 4.74 Å². The number of ether oxygens (including phenoxy) is 1. The number of nitrogens with one attached hydrogen (secondary N) is 1. The van der Waals surface area contributed by atoms with Gasteiger partial charge in [0.25, 0.3) is 0 Å². The van der Waals surface area contributed by atoms with E-state index in [-0.39, 0.29) is 6.04 Å². The zero-order valence-corrected chi connectivity index (χ0v) is 14.1. The molecule has 0 bridgehead atoms. The molecule has 3 nitrogen and oxygen atoms in total. The smallest absolute Gasteiger partial charge is 0.119 e. The van der Waals surface area contributed by atoms with Crippen LogP contribution in [0.5, 0.6) is 5.75 Å². The monoisotopic (exact) mass is 394 g/mol. The maximum atomic E-state index is 5.80. The van der Waals surface area contributed by atoms with Crippen molar-refractivity contribution in [2.75, 3.05) is 0 Å². The van der Waals surface area contributed by atoms with Gasteiger partial charge in [-0.25, -0.2) is 5.43 Å². The molecule has 2 aromatic carbocycles. The van der Waals surface area contributed by atoms with Gasteiger partial charge in [-0.05, 0) is 71.2 Å². The molecular formula is C17H19IN2O. The first-order valence-electron chi connectivity index (χ1n) is 7.17. The standard InChI is InChI=1S/C17H19IN2O/c1-11-3-2-4-15(16(11)18)17(20-19)12-5-7-13(8-6-12)21-14-9-10-14/h2-8,14,17,20H,9-10,19H2,1H3. The summed E-state index contributed by atoms with van der Waals surface area (Å²) in [6.07, 6.45) is 2.78. The van der Waals surface area contributed by atoms with Crippen LogP contribution >= 0.6 is 22.6 Å². The van der Waals surface area contributed by atoms with E-state index in [0.29, 0.717) is 6.10 Å². The highest BCUT2D eigenvalue weighted by Crippen LogP contribution is 2.30. The molecule has 0 radical (unpaired) electrons. The molecule has 4 heteroatoms. The number of nitrogens with two attached hydrogens (primary N) is 1. The van der Waals surface area contributed by atoms with Crippen LogP contribution in [0.3, 0.4) is 0 Å². The highest BCUT2D eigenvalue weighted by Gasteiger charge is 2.23. The van der Waals surface area contributed by atoms with Crippen LogP contribution < -0.4 is 16.0 Å². The highest BCUT2D eigenvalue weighted by molar-refractivity contribution is 14.1. The number of benzene rings is 2. The third-order valence-corrected chi connectivity index (χ3v) is 5.21. The summed E-state index contributed by atoms with van der Waals surface area (Å²) in [6.45, 7) is 2.12. The van der Waals surface area contributed by atoms with Crippen molar-refractivity contribution in [3.05, 3.63) is 62.7 Å². The molecule has 0 saturated heterocycles. The average Bonchev–Trinajstić information content (AvgIpc) is 3.30. The Kier molecular flexibility index (Phi) is 4.47. The lowest BCUT2D eigenvalue weighted by molar-refractivity contribution is 0.303. The summed E-state index contributed by atoms with van der Waals surface area (Å²) in [4.78, 5) is 0. The van der Waals surface area contributed by atoms with Crippen molar-refractivity contribution in [3.63, 3.8) is 0 Å². The molecule has 1 atom stereocenters. The second kappa shape index (κ2) is 6.34. The van der Waals surface area contributed by atoms with Crippen LogP contribution in [0.25, 0.3) is 0 Å². The predicted octanol–water partition coefficient (Wildman–Crippen LogP) is 3.69. The summed E-state index contributed by atoms with van der Waals surface area (Å²) in [7, 11) is 0. The molecule has 1 saturated carbocycles. The minimum atomic E-state index is -0.00762. The van der Waals surface area contributed by atoms with E-state index < -0.39 is 0 Å². The second-order valence-corrected chi connectivity index (χ2v) is 6.54. The van der Waals surface area contributed by atoms with Crippen LogP contribution in [0.2, 0.25) is 0 Å². The number of hydrogen-bond donors (Lipinski definition) is 2. The molecule has 3 rings (SSSR count). The normalized spacial score (nSPS) is 15.8. The van der Waals surface area contributed by atoms with E-state index in [1.165, 1.54) is 27.5 Å². The van der Waals surface area contributed by atoms with E-state index in [0.717, 1.165) is 11.3 Å². The van der Waals surface area contributed by atoms with E-state index in [2.05, 4.69) is 65.3 Å². The zero-order valence-electron chi connectivity index (χ0n) is 12.0. The fourth-order valence-electron chi connectivity index (χ4n) is 2.38. The summed E-state index contributed by atoms with van der Waals surface area (Å²) in [6, 6.07) is 14.5. The lowest BCUT2D eigenvalue weighted by Gasteiger charge is -2.19. The minimum absolute atomic E-state index is 0.00762. The Labute approximate surface area is 139 Å². The summed E-state index contributed by atoms with van der Waals surface area (Å²) >= 11 is 2.38. The Hall–Kier alpha value is -1.11. The quantitative estimate of drug-likeness (QED) is 0.462. The second-order valence-electron chi connectivity index (χ2n) is 5.46. The molecule has 2 aromatic rings. The van der Waals surface area contributed by atoms with E-state index in [4.69, 9.17) is 10.6 Å². The Morgan fingerprint density at radius 3 is 2.52 bits per heavy atom. The molecular weight excluding hydrogens is 375 g/mol. The molecule has 21 heavy (non-hydrogen) atoms. The van der Waals surface area contributed by atoms with Gasteiger partial charge in [0.1, 0.15) is 5.75 Å². The lowest BCUT2D eigenvalue weighted by Crippen LogP contribution is -2.29. The zero-order chi connectivity index (χ0) is 14.8. The third-order valence-electron chi connectivity index (χ3n) is 3.74. The molecule has 0 spiro atoms. The van der Waals surface area contributed by atoms with Gasteiger partial charge >= 0.3 is 0 Å². The van der Waals surface area contributed by atoms with Gasteiger partial charge in [-0.2, -0.15) is 0 Å². The molecule has 0 amide bonds. The average molecular weight is 394 g/mol. The largest absolute Gasteiger partial charge is 0.490 e. The van der Waals surface area contributed by atoms with Crippen molar-refractivity contribution in [3.8, 4) is 5.75 Å². The van der Waals surface area contributed by atoms with Crippen LogP contribution in [-0.2, 0) is 0 Å². The highest BCUT2D eigenvalue weighted by atomic mass is 127. The molecule has 1 aliphatic carbocycles. The summed E-state index contributed by atoms with van der Waals surface area (Å²) < 4.78 is 7.04. The van der Waals surface area contributed by atoms with Crippen LogP contribution in [0.15, 0.2) is 42.5 Å². The number of rotatable bonds is 5. The van der Waals surface area contributed by atoms with Gasteiger partial charge in [-0.1, -0.05) is 30.3 Å². The number of aryl methyl sites for hydroxylation is 1. The number of hydrogen-bond acceptors (Lipinski definition) is 3. The van der Waals surface area contributed by atoms with E-state index in [9.17, 15) is 0 Å². The van der Waals surface area contributed by atoms with Crippen molar-refractivity contribution in [2.45, 2.75) is 31.9 Å². The third kappa shape index (κ3) is 3.39. The van der Waals surface area contributed by atoms with E-state index in [1.807, 2.05) is 12.1 Å². The Balaban J connectivity index is 1.86. The van der Waals surface area contributed by atoms with Gasteiger partial charge < -0.3 is 4.74 Å². The number of halogens is 1. The van der Waals surface area contributed by atoms with Crippen molar-refractivity contribution in [2.24, 2.45) is 5.84 Å². The lowest BCUT2D eigenvalue weighted by atomic mass is 9.98. The van der Waals surface area contributed by atoms with Gasteiger partial charge in [0.2, 0.25) is 0 Å². The van der Waals surface area contributed by atoms with Crippen LogP contribution in [-0.4, -0.2) is 6.10 Å². The maximum Gasteiger partial charge on any atom is 0.119 e. The van der Waals surface area contributed by atoms with Crippen LogP contribution in [0.1, 0.15) is 35.6 Å². The minimum Gasteiger partial charge on any atom is -0.490 e. The van der Waals surface area contributed by atoms with E-state index in [1.54, 1.807) is 0 Å². The summed E-state index contributed by atoms with van der Waals surface area (Å²) in [5, 5.41) is 0. The fraction of sp³-hybridized carbons (Fsp3) is 0.294. The van der Waals surface area contributed by atoms with Gasteiger partial charge in [0.15, 0.2) is 0 Å². The van der Waals surface area contributed by atoms with Crippen molar-refractivity contribution in [1.29, 1.82) is 0 Å². The summed E-state index contributed by atoms with van der Waals surface area (Å²) in [5.41, 5.74) is 6.54. The topological polar surface area (TPSA) is 47.3 Å². The molecule has 0 aromatic heterocycles. The molecule has 1 unspecified atom stereocenters. The Morgan fingerprint density at radius 2 is 1.90 bits per heavy atom. The molecule has 1 fully saturated rings. The first kappa shape index (κ1) is 14.8. The van der Waals surface area contributed by atoms with Gasteiger partial charge in [0.05, 0.1) is 12.1 Å².